The highest BCUT2D eigenvalue weighted by molar-refractivity contribution is 7.15. The number of nitrogens with one attached hydrogen (secondary N) is 2. The molecule has 3 aromatic rings. The Bertz CT molecular complexity index is 1170. The van der Waals surface area contributed by atoms with E-state index in [0.29, 0.717) is 41.2 Å². The maximum absolute atomic E-state index is 13.0. The maximum atomic E-state index is 13.0. The first-order valence-electron chi connectivity index (χ1n) is 9.78. The minimum atomic E-state index is -0.477. The molecule has 4 amide bonds. The SMILES string of the molecule is O=C(Nc1ccc(F)cc1)Nc1nc2c(s1)CC(N1C(=O)c3ccccc3C1=O)CC2. The fourth-order valence-electron chi connectivity index (χ4n) is 3.96. The number of rotatable bonds is 3. The molecule has 1 atom stereocenters. The van der Waals surface area contributed by atoms with Crippen LogP contribution in [0, 0.1) is 5.82 Å². The van der Waals surface area contributed by atoms with Crippen molar-refractivity contribution in [3.8, 4) is 0 Å². The Morgan fingerprint density at radius 3 is 2.39 bits per heavy atom. The van der Waals surface area contributed by atoms with E-state index in [2.05, 4.69) is 15.6 Å². The molecule has 2 aliphatic rings. The molecule has 0 radical (unpaired) electrons. The van der Waals surface area contributed by atoms with Crippen LogP contribution in [0.15, 0.2) is 48.5 Å². The predicted octanol–water partition coefficient (Wildman–Crippen LogP) is 4.08. The number of hydrogen-bond acceptors (Lipinski definition) is 5. The van der Waals surface area contributed by atoms with E-state index in [-0.39, 0.29) is 23.7 Å². The molecular weight excluding hydrogens is 419 g/mol. The molecule has 0 saturated heterocycles. The van der Waals surface area contributed by atoms with Gasteiger partial charge in [0.2, 0.25) is 0 Å². The van der Waals surface area contributed by atoms with Gasteiger partial charge in [0, 0.05) is 23.0 Å². The number of fused-ring (bicyclic) bond motifs is 2. The van der Waals surface area contributed by atoms with Crippen LogP contribution in [0.5, 0.6) is 0 Å². The number of benzene rings is 2. The first-order chi connectivity index (χ1) is 15.0. The van der Waals surface area contributed by atoms with Gasteiger partial charge in [-0.3, -0.25) is 19.8 Å². The fraction of sp³-hybridized carbons (Fsp3) is 0.182. The van der Waals surface area contributed by atoms with E-state index in [9.17, 15) is 18.8 Å². The molecule has 2 heterocycles. The lowest BCUT2D eigenvalue weighted by molar-refractivity contribution is 0.0571. The van der Waals surface area contributed by atoms with Crippen LogP contribution in [0.1, 0.15) is 37.7 Å². The second-order valence-corrected chi connectivity index (χ2v) is 8.48. The summed E-state index contributed by atoms with van der Waals surface area (Å²) in [6.45, 7) is 0. The zero-order chi connectivity index (χ0) is 21.5. The third-order valence-corrected chi connectivity index (χ3v) is 6.46. The van der Waals surface area contributed by atoms with Gasteiger partial charge in [0.1, 0.15) is 5.82 Å². The number of carbonyl (C=O) groups is 3. The topological polar surface area (TPSA) is 91.4 Å². The van der Waals surface area contributed by atoms with Crippen molar-refractivity contribution >= 4 is 40.0 Å². The fourth-order valence-corrected chi connectivity index (χ4v) is 5.04. The first kappa shape index (κ1) is 19.4. The van der Waals surface area contributed by atoms with Gasteiger partial charge in [-0.2, -0.15) is 0 Å². The highest BCUT2D eigenvalue weighted by atomic mass is 32.1. The Labute approximate surface area is 180 Å². The molecule has 0 fully saturated rings. The van der Waals surface area contributed by atoms with Gasteiger partial charge in [-0.05, 0) is 49.2 Å². The van der Waals surface area contributed by atoms with E-state index < -0.39 is 6.03 Å². The van der Waals surface area contributed by atoms with Gasteiger partial charge >= 0.3 is 6.03 Å². The highest BCUT2D eigenvalue weighted by Gasteiger charge is 2.41. The third-order valence-electron chi connectivity index (χ3n) is 5.43. The third kappa shape index (κ3) is 3.57. The summed E-state index contributed by atoms with van der Waals surface area (Å²) in [5.74, 6) is -0.891. The molecule has 0 spiro atoms. The van der Waals surface area contributed by atoms with Crippen molar-refractivity contribution in [2.45, 2.75) is 25.3 Å². The summed E-state index contributed by atoms with van der Waals surface area (Å²) in [5, 5.41) is 5.76. The van der Waals surface area contributed by atoms with Crippen molar-refractivity contribution in [1.82, 2.24) is 9.88 Å². The number of nitrogens with zero attached hydrogens (tertiary/aromatic N) is 2. The predicted molar refractivity (Wildman–Crippen MR) is 114 cm³/mol. The van der Waals surface area contributed by atoms with Crippen molar-refractivity contribution in [2.24, 2.45) is 0 Å². The molecular formula is C22H17FN4O3S. The van der Waals surface area contributed by atoms with E-state index in [1.807, 2.05) is 0 Å². The summed E-state index contributed by atoms with van der Waals surface area (Å²) in [4.78, 5) is 44.5. The molecule has 0 bridgehead atoms. The Morgan fingerprint density at radius 1 is 1.03 bits per heavy atom. The summed E-state index contributed by atoms with van der Waals surface area (Å²) in [7, 11) is 0. The van der Waals surface area contributed by atoms with E-state index in [1.54, 1.807) is 24.3 Å². The lowest BCUT2D eigenvalue weighted by Gasteiger charge is -2.28. The van der Waals surface area contributed by atoms with Crippen LogP contribution >= 0.6 is 11.3 Å². The van der Waals surface area contributed by atoms with Crippen molar-refractivity contribution in [2.75, 3.05) is 10.6 Å². The molecule has 1 aromatic heterocycles. The van der Waals surface area contributed by atoms with E-state index in [0.717, 1.165) is 10.6 Å². The van der Waals surface area contributed by atoms with Gasteiger partial charge < -0.3 is 5.32 Å². The van der Waals surface area contributed by atoms with Gasteiger partial charge in [0.25, 0.3) is 11.8 Å². The number of hydrogen-bond donors (Lipinski definition) is 2. The van der Waals surface area contributed by atoms with Gasteiger partial charge in [0.05, 0.1) is 16.8 Å². The molecule has 156 valence electrons. The Morgan fingerprint density at radius 2 is 1.71 bits per heavy atom. The average Bonchev–Trinajstić information content (AvgIpc) is 3.27. The molecule has 1 aliphatic carbocycles. The maximum Gasteiger partial charge on any atom is 0.325 e. The van der Waals surface area contributed by atoms with Crippen LogP contribution in [-0.4, -0.2) is 33.8 Å². The van der Waals surface area contributed by atoms with Gasteiger partial charge in [-0.15, -0.1) is 11.3 Å². The minimum Gasteiger partial charge on any atom is -0.308 e. The number of halogens is 1. The van der Waals surface area contributed by atoms with Crippen molar-refractivity contribution in [3.63, 3.8) is 0 Å². The monoisotopic (exact) mass is 436 g/mol. The van der Waals surface area contributed by atoms with E-state index in [1.165, 1.54) is 40.5 Å². The molecule has 2 N–H and O–H groups in total. The smallest absolute Gasteiger partial charge is 0.308 e. The lowest BCUT2D eigenvalue weighted by atomic mass is 9.96. The van der Waals surface area contributed by atoms with Crippen LogP contribution in [-0.2, 0) is 12.8 Å². The van der Waals surface area contributed by atoms with E-state index in [4.69, 9.17) is 0 Å². The van der Waals surface area contributed by atoms with Crippen LogP contribution < -0.4 is 10.6 Å². The lowest BCUT2D eigenvalue weighted by Crippen LogP contribution is -2.42. The Hall–Kier alpha value is -3.59. The summed E-state index contributed by atoms with van der Waals surface area (Å²) in [6.07, 6.45) is 1.76. The number of aromatic nitrogens is 1. The van der Waals surface area contributed by atoms with Crippen LogP contribution in [0.4, 0.5) is 20.0 Å². The second-order valence-electron chi connectivity index (χ2n) is 7.40. The number of amides is 4. The van der Waals surface area contributed by atoms with Crippen LogP contribution in [0.25, 0.3) is 0 Å². The standard InChI is InChI=1S/C22H17FN4O3S/c23-12-5-7-13(8-6-12)24-21(30)26-22-25-17-10-9-14(11-18(17)31-22)27-19(28)15-3-1-2-4-16(15)20(27)29/h1-8,14H,9-11H2,(H2,24,25,26,30). The van der Waals surface area contributed by atoms with Crippen LogP contribution in [0.3, 0.4) is 0 Å². The van der Waals surface area contributed by atoms with Crippen LogP contribution in [0.2, 0.25) is 0 Å². The molecule has 1 unspecified atom stereocenters. The molecule has 2 aromatic carbocycles. The normalized spacial score (nSPS) is 17.3. The number of thiazole rings is 1. The quantitative estimate of drug-likeness (QED) is 0.606. The summed E-state index contributed by atoms with van der Waals surface area (Å²) < 4.78 is 13.0. The number of carbonyl (C=O) groups excluding carboxylic acids is 3. The zero-order valence-corrected chi connectivity index (χ0v) is 17.0. The summed E-state index contributed by atoms with van der Waals surface area (Å²) in [5.41, 5.74) is 2.23. The number of imide groups is 1. The number of anilines is 2. The van der Waals surface area contributed by atoms with Crippen molar-refractivity contribution in [1.29, 1.82) is 0 Å². The van der Waals surface area contributed by atoms with Gasteiger partial charge in [-0.25, -0.2) is 14.2 Å². The second kappa shape index (κ2) is 7.59. The highest BCUT2D eigenvalue weighted by Crippen LogP contribution is 2.34. The molecule has 31 heavy (non-hydrogen) atoms. The number of aryl methyl sites for hydroxylation is 1. The molecule has 1 aliphatic heterocycles. The first-order valence-corrected chi connectivity index (χ1v) is 10.6. The van der Waals surface area contributed by atoms with E-state index >= 15 is 0 Å². The molecule has 7 nitrogen and oxygen atoms in total. The van der Waals surface area contributed by atoms with Crippen molar-refractivity contribution in [3.05, 3.63) is 76.0 Å². The van der Waals surface area contributed by atoms with Gasteiger partial charge in [0.15, 0.2) is 5.13 Å². The Kier molecular flexibility index (Phi) is 4.74. The zero-order valence-electron chi connectivity index (χ0n) is 16.2. The largest absolute Gasteiger partial charge is 0.325 e. The molecule has 5 rings (SSSR count). The Balaban J connectivity index is 1.27. The number of urea groups is 1. The minimum absolute atomic E-state index is 0.235. The van der Waals surface area contributed by atoms with Crippen molar-refractivity contribution < 1.29 is 18.8 Å². The summed E-state index contributed by atoms with van der Waals surface area (Å²) in [6, 6.07) is 11.6. The molecule has 9 heteroatoms. The summed E-state index contributed by atoms with van der Waals surface area (Å²) >= 11 is 1.33. The molecule has 0 saturated carbocycles. The average molecular weight is 436 g/mol. The van der Waals surface area contributed by atoms with Gasteiger partial charge in [-0.1, -0.05) is 12.1 Å².